The molecule has 24 nitrogen and oxygen atoms in total. The van der Waals surface area contributed by atoms with Crippen LogP contribution in [0.1, 0.15) is 40.3 Å². The number of hydrogen-bond donors (Lipinski definition) is 9. The van der Waals surface area contributed by atoms with Crippen molar-refractivity contribution >= 4 is 69.1 Å². The Morgan fingerprint density at radius 1 is 1.09 bits per heavy atom. The lowest BCUT2D eigenvalue weighted by Crippen LogP contribution is -2.46. The molecular formula is C26H42N7O17P3S. The van der Waals surface area contributed by atoms with Gasteiger partial charge in [-0.05, 0) is 19.4 Å². The topological polar surface area (TPSA) is 364 Å². The van der Waals surface area contributed by atoms with Crippen molar-refractivity contribution in [2.75, 3.05) is 37.8 Å². The molecule has 0 radical (unpaired) electrons. The van der Waals surface area contributed by atoms with Crippen molar-refractivity contribution in [1.29, 1.82) is 0 Å². The van der Waals surface area contributed by atoms with Gasteiger partial charge >= 0.3 is 23.5 Å². The Morgan fingerprint density at radius 2 is 1.76 bits per heavy atom. The second-order valence-corrected chi connectivity index (χ2v) is 17.5. The standard InChI is InChI=1S/C26H42N7O17P3S/c1-5-14(2)25(38)54-9-8-28-16(34)6-7-29-23(37)20(36)26(3,4)11-47-53(44,45)50-52(42,43)46-10-15-19(49-51(39,40)41)18(35)24(48-15)33-13-32-17-21(27)30-12-31-22(17)33/h5,12-13,15,18-20,24,35-36H,6-11H2,1-4H3,(H,28,34)(H,29,37)(H,42,43)(H,44,45)(H2,27,30,31)(H2,39,40,41)/t15-,18-,19-,20+,24-/m1/s1. The Morgan fingerprint density at radius 3 is 2.41 bits per heavy atom. The summed E-state index contributed by atoms with van der Waals surface area (Å²) >= 11 is 1.03. The zero-order valence-electron chi connectivity index (χ0n) is 29.2. The minimum Gasteiger partial charge on any atom is -0.386 e. The van der Waals surface area contributed by atoms with Gasteiger partial charge in [0.25, 0.3) is 0 Å². The SMILES string of the molecule is CC=C(C)C(=O)SCCNC(=O)CCNC(=O)[C@H](O)C(C)(C)COP(=O)(O)OP(=O)(O)OC[C@H]1O[C@@H](n2cnc3c(N)ncnc32)[C@H](O)[C@@H]1OP(=O)(O)O. The number of anilines is 1. The summed E-state index contributed by atoms with van der Waals surface area (Å²) in [4.78, 5) is 87.2. The molecule has 0 spiro atoms. The number of nitrogens with two attached hydrogens (primary N) is 1. The first-order valence-electron chi connectivity index (χ1n) is 15.7. The lowest BCUT2D eigenvalue weighted by atomic mass is 9.87. The van der Waals surface area contributed by atoms with E-state index in [1.54, 1.807) is 19.9 Å². The van der Waals surface area contributed by atoms with E-state index in [1.807, 2.05) is 0 Å². The van der Waals surface area contributed by atoms with E-state index in [1.165, 1.54) is 13.8 Å². The number of nitrogens with one attached hydrogen (secondary N) is 2. The van der Waals surface area contributed by atoms with Crippen molar-refractivity contribution in [3.05, 3.63) is 24.3 Å². The van der Waals surface area contributed by atoms with Gasteiger partial charge in [-0.3, -0.25) is 32.5 Å². The van der Waals surface area contributed by atoms with Gasteiger partial charge in [0, 0.05) is 30.7 Å². The molecule has 2 aromatic heterocycles. The molecule has 2 aromatic rings. The first-order chi connectivity index (χ1) is 25.0. The first kappa shape index (κ1) is 45.7. The number of carbonyl (C=O) groups is 3. The van der Waals surface area contributed by atoms with Crippen molar-refractivity contribution in [3.8, 4) is 0 Å². The van der Waals surface area contributed by atoms with Crippen molar-refractivity contribution < 1.29 is 80.5 Å². The molecule has 10 N–H and O–H groups in total. The molecular weight excluding hydrogens is 807 g/mol. The number of nitrogen functional groups attached to an aromatic ring is 1. The van der Waals surface area contributed by atoms with Crippen LogP contribution in [0.15, 0.2) is 24.3 Å². The molecule has 304 valence electrons. The number of phosphoric acid groups is 3. The van der Waals surface area contributed by atoms with Gasteiger partial charge in [-0.2, -0.15) is 4.31 Å². The number of carbonyl (C=O) groups excluding carboxylic acids is 3. The van der Waals surface area contributed by atoms with Crippen molar-refractivity contribution in [3.63, 3.8) is 0 Å². The maximum Gasteiger partial charge on any atom is 0.481 e. The molecule has 1 saturated heterocycles. The molecule has 0 saturated carbocycles. The number of fused-ring (bicyclic) bond motifs is 1. The molecule has 54 heavy (non-hydrogen) atoms. The van der Waals surface area contributed by atoms with Crippen LogP contribution in [-0.2, 0) is 50.7 Å². The van der Waals surface area contributed by atoms with Gasteiger partial charge in [-0.1, -0.05) is 31.7 Å². The highest BCUT2D eigenvalue weighted by Crippen LogP contribution is 2.61. The maximum atomic E-state index is 12.7. The number of amides is 2. The molecule has 1 aliphatic rings. The van der Waals surface area contributed by atoms with Gasteiger partial charge in [-0.25, -0.2) is 28.6 Å². The van der Waals surface area contributed by atoms with E-state index in [0.29, 0.717) is 11.3 Å². The van der Waals surface area contributed by atoms with Crippen LogP contribution in [0, 0.1) is 5.41 Å². The predicted octanol–water partition coefficient (Wildman–Crippen LogP) is -0.369. The summed E-state index contributed by atoms with van der Waals surface area (Å²) in [6.45, 7) is 3.88. The van der Waals surface area contributed by atoms with Gasteiger partial charge in [0.15, 0.2) is 17.7 Å². The summed E-state index contributed by atoms with van der Waals surface area (Å²) in [6, 6.07) is 0. The van der Waals surface area contributed by atoms with Crippen LogP contribution >= 0.6 is 35.2 Å². The normalized spacial score (nSPS) is 22.4. The van der Waals surface area contributed by atoms with Gasteiger partial charge < -0.3 is 50.9 Å². The summed E-state index contributed by atoms with van der Waals surface area (Å²) < 4.78 is 62.0. The number of nitrogens with zero attached hydrogens (tertiary/aromatic N) is 4. The average Bonchev–Trinajstić information content (AvgIpc) is 3.64. The number of allylic oxidation sites excluding steroid dienone is 1. The molecule has 0 aliphatic carbocycles. The average molecular weight is 850 g/mol. The van der Waals surface area contributed by atoms with Crippen LogP contribution in [0.3, 0.4) is 0 Å². The number of thioether (sulfide) groups is 1. The van der Waals surface area contributed by atoms with E-state index in [-0.39, 0.29) is 41.6 Å². The van der Waals surface area contributed by atoms with Crippen LogP contribution in [0.25, 0.3) is 11.2 Å². The molecule has 1 aliphatic heterocycles. The maximum absolute atomic E-state index is 12.7. The van der Waals surface area contributed by atoms with E-state index in [0.717, 1.165) is 29.0 Å². The molecule has 2 unspecified atom stereocenters. The number of aromatic nitrogens is 4. The fraction of sp³-hybridized carbons (Fsp3) is 0.615. The summed E-state index contributed by atoms with van der Waals surface area (Å²) in [5.41, 5.74) is 4.84. The lowest BCUT2D eigenvalue weighted by Gasteiger charge is -2.30. The fourth-order valence-electron chi connectivity index (χ4n) is 4.51. The van der Waals surface area contributed by atoms with Gasteiger partial charge in [-0.15, -0.1) is 0 Å². The summed E-state index contributed by atoms with van der Waals surface area (Å²) in [5.74, 6) is -1.13. The van der Waals surface area contributed by atoms with E-state index in [9.17, 15) is 57.9 Å². The number of phosphoric ester groups is 3. The largest absolute Gasteiger partial charge is 0.481 e. The monoisotopic (exact) mass is 849 g/mol. The van der Waals surface area contributed by atoms with Gasteiger partial charge in [0.05, 0.1) is 19.5 Å². The Balaban J connectivity index is 1.51. The molecule has 3 heterocycles. The number of aliphatic hydroxyl groups is 2. The van der Waals surface area contributed by atoms with E-state index in [2.05, 4.69) is 34.4 Å². The number of ether oxygens (including phenoxy) is 1. The highest BCUT2D eigenvalue weighted by Gasteiger charge is 2.50. The third-order valence-corrected chi connectivity index (χ3v) is 11.6. The Labute approximate surface area is 311 Å². The summed E-state index contributed by atoms with van der Waals surface area (Å²) in [6.07, 6.45) is -5.24. The van der Waals surface area contributed by atoms with Gasteiger partial charge in [0.1, 0.15) is 36.3 Å². The second-order valence-electron chi connectivity index (χ2n) is 12.2. The highest BCUT2D eigenvalue weighted by atomic mass is 32.2. The van der Waals surface area contributed by atoms with Crippen molar-refractivity contribution in [2.24, 2.45) is 5.41 Å². The van der Waals surface area contributed by atoms with Crippen LogP contribution < -0.4 is 16.4 Å². The second kappa shape index (κ2) is 19.0. The Hall–Kier alpha value is -2.70. The summed E-state index contributed by atoms with van der Waals surface area (Å²) in [5, 5.41) is 26.2. The zero-order chi connectivity index (χ0) is 40.6. The number of hydrogen-bond acceptors (Lipinski definition) is 18. The quantitative estimate of drug-likeness (QED) is 0.0466. The third kappa shape index (κ3) is 13.2. The fourth-order valence-corrected chi connectivity index (χ4v) is 8.07. The molecule has 0 aromatic carbocycles. The molecule has 1 fully saturated rings. The van der Waals surface area contributed by atoms with Crippen LogP contribution in [0.5, 0.6) is 0 Å². The highest BCUT2D eigenvalue weighted by molar-refractivity contribution is 8.14. The Bertz CT molecular complexity index is 1840. The molecule has 2 amide bonds. The minimum atomic E-state index is -5.57. The van der Waals surface area contributed by atoms with E-state index < -0.39 is 84.6 Å². The first-order valence-corrected chi connectivity index (χ1v) is 21.2. The van der Waals surface area contributed by atoms with Crippen LogP contribution in [0.4, 0.5) is 5.82 Å². The van der Waals surface area contributed by atoms with Crippen LogP contribution in [0.2, 0.25) is 0 Å². The third-order valence-electron chi connectivity index (χ3n) is 7.49. The number of imidazole rings is 1. The zero-order valence-corrected chi connectivity index (χ0v) is 32.7. The van der Waals surface area contributed by atoms with E-state index >= 15 is 0 Å². The molecule has 3 rings (SSSR count). The lowest BCUT2D eigenvalue weighted by molar-refractivity contribution is -0.137. The molecule has 28 heteroatoms. The van der Waals surface area contributed by atoms with Crippen LogP contribution in [-0.4, -0.2) is 123 Å². The van der Waals surface area contributed by atoms with Crippen molar-refractivity contribution in [2.45, 2.75) is 64.8 Å². The summed E-state index contributed by atoms with van der Waals surface area (Å²) in [7, 11) is -16.4. The van der Waals surface area contributed by atoms with E-state index in [4.69, 9.17) is 19.5 Å². The predicted molar refractivity (Wildman–Crippen MR) is 187 cm³/mol. The van der Waals surface area contributed by atoms with Crippen molar-refractivity contribution in [1.82, 2.24) is 30.2 Å². The smallest absolute Gasteiger partial charge is 0.386 e. The molecule has 0 bridgehead atoms. The molecule has 7 atom stereocenters. The van der Waals surface area contributed by atoms with Gasteiger partial charge in [0.2, 0.25) is 16.9 Å². The number of rotatable bonds is 20. The Kier molecular flexibility index (Phi) is 16.0. The minimum absolute atomic E-state index is 0.0301. The number of aliphatic hydroxyl groups excluding tert-OH is 2.